The Morgan fingerprint density at radius 3 is 2.72 bits per heavy atom. The number of nitrogens with one attached hydrogen (secondary N) is 1. The Bertz CT molecular complexity index is 1230. The lowest BCUT2D eigenvalue weighted by atomic mass is 10.3. The first kappa shape index (κ1) is 15.0. The van der Waals surface area contributed by atoms with Crippen LogP contribution in [-0.2, 0) is 14.1 Å². The molecule has 10 heteroatoms. The summed E-state index contributed by atoms with van der Waals surface area (Å²) >= 11 is 0. The van der Waals surface area contributed by atoms with Crippen LogP contribution in [0.15, 0.2) is 40.1 Å². The van der Waals surface area contributed by atoms with Crippen LogP contribution in [0.3, 0.4) is 0 Å². The van der Waals surface area contributed by atoms with E-state index in [-0.39, 0.29) is 17.0 Å². The van der Waals surface area contributed by atoms with E-state index >= 15 is 0 Å². The third-order valence-electron chi connectivity index (χ3n) is 3.90. The molecular formula is C15H12FN7O2. The van der Waals surface area contributed by atoms with Crippen LogP contribution in [-0.4, -0.2) is 34.1 Å². The van der Waals surface area contributed by atoms with Crippen molar-refractivity contribution in [3.63, 3.8) is 0 Å². The average molecular weight is 341 g/mol. The topological polar surface area (TPSA) is 103 Å². The average Bonchev–Trinajstić information content (AvgIpc) is 3.25. The maximum absolute atomic E-state index is 13.3. The van der Waals surface area contributed by atoms with Gasteiger partial charge in [0.1, 0.15) is 17.0 Å². The minimum Gasteiger partial charge on any atom is -0.331 e. The molecule has 126 valence electrons. The number of halogens is 1. The number of nitrogens with zero attached hydrogens (tertiary/aromatic N) is 6. The highest BCUT2D eigenvalue weighted by molar-refractivity contribution is 5.74. The fourth-order valence-corrected chi connectivity index (χ4v) is 2.56. The summed E-state index contributed by atoms with van der Waals surface area (Å²) < 4.78 is 17.0. The number of H-pyrrole nitrogens is 1. The summed E-state index contributed by atoms with van der Waals surface area (Å²) in [5, 5.41) is 7.93. The van der Waals surface area contributed by atoms with Crippen molar-refractivity contribution >= 4 is 11.2 Å². The van der Waals surface area contributed by atoms with Gasteiger partial charge in [-0.3, -0.25) is 13.9 Å². The van der Waals surface area contributed by atoms with Gasteiger partial charge in [0.15, 0.2) is 11.5 Å². The van der Waals surface area contributed by atoms with E-state index < -0.39 is 17.1 Å². The highest BCUT2D eigenvalue weighted by atomic mass is 19.1. The van der Waals surface area contributed by atoms with Crippen molar-refractivity contribution in [2.75, 3.05) is 0 Å². The molecule has 0 fully saturated rings. The number of imidazole rings is 1. The molecule has 0 spiro atoms. The summed E-state index contributed by atoms with van der Waals surface area (Å²) in [6.45, 7) is 0. The van der Waals surface area contributed by atoms with Crippen molar-refractivity contribution in [1.82, 2.24) is 34.1 Å². The van der Waals surface area contributed by atoms with Crippen LogP contribution in [0.4, 0.5) is 4.39 Å². The van der Waals surface area contributed by atoms with Gasteiger partial charge in [0.05, 0.1) is 11.9 Å². The molecule has 3 heterocycles. The standard InChI is InChI=1S/C15H12FN7O2/c1-21-13-11(14(24)22(2)15(21)25)17-12(18-13)10-7-23(20-19-10)9-5-3-4-8(16)6-9/h3-7H,1-2H3,(H,17,18). The summed E-state index contributed by atoms with van der Waals surface area (Å²) in [6.07, 6.45) is 1.55. The molecule has 0 unspecified atom stereocenters. The van der Waals surface area contributed by atoms with Crippen molar-refractivity contribution in [2.45, 2.75) is 0 Å². The molecule has 4 rings (SSSR count). The number of rotatable bonds is 2. The highest BCUT2D eigenvalue weighted by Crippen LogP contribution is 2.17. The molecule has 0 atom stereocenters. The second-order valence-electron chi connectivity index (χ2n) is 5.52. The Morgan fingerprint density at radius 1 is 1.16 bits per heavy atom. The molecule has 0 amide bonds. The van der Waals surface area contributed by atoms with Crippen LogP contribution in [0.1, 0.15) is 0 Å². The van der Waals surface area contributed by atoms with E-state index in [0.717, 1.165) is 4.57 Å². The normalized spacial score (nSPS) is 11.3. The number of hydrogen-bond donors (Lipinski definition) is 1. The number of aryl methyl sites for hydroxylation is 1. The van der Waals surface area contributed by atoms with Gasteiger partial charge in [-0.25, -0.2) is 18.9 Å². The molecule has 0 aliphatic heterocycles. The van der Waals surface area contributed by atoms with E-state index in [9.17, 15) is 14.0 Å². The molecule has 0 bridgehead atoms. The van der Waals surface area contributed by atoms with Crippen molar-refractivity contribution in [3.8, 4) is 17.2 Å². The smallest absolute Gasteiger partial charge is 0.331 e. The van der Waals surface area contributed by atoms with Crippen molar-refractivity contribution in [1.29, 1.82) is 0 Å². The monoisotopic (exact) mass is 341 g/mol. The second kappa shape index (κ2) is 5.23. The van der Waals surface area contributed by atoms with E-state index in [2.05, 4.69) is 20.3 Å². The molecule has 25 heavy (non-hydrogen) atoms. The molecular weight excluding hydrogens is 329 g/mol. The van der Waals surface area contributed by atoms with E-state index in [1.165, 1.54) is 35.5 Å². The number of benzene rings is 1. The zero-order valence-corrected chi connectivity index (χ0v) is 13.3. The van der Waals surface area contributed by atoms with Gasteiger partial charge in [-0.05, 0) is 18.2 Å². The Kier molecular flexibility index (Phi) is 3.14. The first-order valence-corrected chi connectivity index (χ1v) is 7.30. The summed E-state index contributed by atoms with van der Waals surface area (Å²) in [5.74, 6) is -0.104. The Balaban J connectivity index is 1.86. The number of aromatic amines is 1. The van der Waals surface area contributed by atoms with Crippen LogP contribution in [0.2, 0.25) is 0 Å². The molecule has 0 aliphatic rings. The third kappa shape index (κ3) is 2.26. The summed E-state index contributed by atoms with van der Waals surface area (Å²) in [7, 11) is 2.92. The highest BCUT2D eigenvalue weighted by Gasteiger charge is 2.16. The van der Waals surface area contributed by atoms with Crippen LogP contribution < -0.4 is 11.2 Å². The lowest BCUT2D eigenvalue weighted by molar-refractivity contribution is 0.625. The maximum atomic E-state index is 13.3. The van der Waals surface area contributed by atoms with Gasteiger partial charge >= 0.3 is 5.69 Å². The molecule has 3 aromatic heterocycles. The van der Waals surface area contributed by atoms with Gasteiger partial charge in [-0.15, -0.1) is 5.10 Å². The minimum atomic E-state index is -0.477. The molecule has 0 radical (unpaired) electrons. The largest absolute Gasteiger partial charge is 0.332 e. The number of aromatic nitrogens is 7. The Morgan fingerprint density at radius 2 is 1.96 bits per heavy atom. The van der Waals surface area contributed by atoms with Gasteiger partial charge in [0.25, 0.3) is 5.56 Å². The van der Waals surface area contributed by atoms with E-state index in [0.29, 0.717) is 11.4 Å². The fraction of sp³-hybridized carbons (Fsp3) is 0.133. The van der Waals surface area contributed by atoms with Gasteiger partial charge in [-0.1, -0.05) is 11.3 Å². The zero-order valence-electron chi connectivity index (χ0n) is 13.3. The first-order chi connectivity index (χ1) is 12.0. The summed E-state index contributed by atoms with van der Waals surface area (Å²) in [6, 6.07) is 5.89. The molecule has 1 aromatic carbocycles. The van der Waals surface area contributed by atoms with Gasteiger partial charge in [-0.2, -0.15) is 0 Å². The van der Waals surface area contributed by atoms with Crippen LogP contribution in [0.5, 0.6) is 0 Å². The Hall–Kier alpha value is -3.56. The predicted molar refractivity (Wildman–Crippen MR) is 86.9 cm³/mol. The predicted octanol–water partition coefficient (Wildman–Crippen LogP) is 0.347. The van der Waals surface area contributed by atoms with E-state index in [1.54, 1.807) is 18.3 Å². The van der Waals surface area contributed by atoms with E-state index in [4.69, 9.17) is 0 Å². The maximum Gasteiger partial charge on any atom is 0.332 e. The van der Waals surface area contributed by atoms with Crippen molar-refractivity contribution in [2.24, 2.45) is 14.1 Å². The third-order valence-corrected chi connectivity index (χ3v) is 3.90. The summed E-state index contributed by atoms with van der Waals surface area (Å²) in [5.41, 5.74) is 0.324. The molecule has 0 saturated carbocycles. The number of hydrogen-bond acceptors (Lipinski definition) is 5. The molecule has 4 aromatic rings. The van der Waals surface area contributed by atoms with Gasteiger partial charge in [0.2, 0.25) is 0 Å². The van der Waals surface area contributed by atoms with Crippen molar-refractivity contribution < 1.29 is 4.39 Å². The first-order valence-electron chi connectivity index (χ1n) is 7.30. The SMILES string of the molecule is Cn1c(=O)c2[nH]c(-c3cn(-c4cccc(F)c4)nn3)nc2n(C)c1=O. The van der Waals surface area contributed by atoms with Gasteiger partial charge in [0, 0.05) is 14.1 Å². The zero-order chi connectivity index (χ0) is 17.7. The van der Waals surface area contributed by atoms with Crippen molar-refractivity contribution in [3.05, 3.63) is 57.1 Å². The Labute approximate surface area is 139 Å². The van der Waals surface area contributed by atoms with Crippen LogP contribution in [0, 0.1) is 5.82 Å². The molecule has 1 N–H and O–H groups in total. The molecule has 9 nitrogen and oxygen atoms in total. The van der Waals surface area contributed by atoms with Crippen LogP contribution >= 0.6 is 0 Å². The second-order valence-corrected chi connectivity index (χ2v) is 5.52. The van der Waals surface area contributed by atoms with Crippen LogP contribution in [0.25, 0.3) is 28.4 Å². The lowest BCUT2D eigenvalue weighted by Crippen LogP contribution is -2.36. The molecule has 0 saturated heterocycles. The number of fused-ring (bicyclic) bond motifs is 1. The quantitative estimate of drug-likeness (QED) is 0.566. The lowest BCUT2D eigenvalue weighted by Gasteiger charge is -2.00. The minimum absolute atomic E-state index is 0.194. The summed E-state index contributed by atoms with van der Waals surface area (Å²) in [4.78, 5) is 31.3. The van der Waals surface area contributed by atoms with Gasteiger partial charge < -0.3 is 4.98 Å². The molecule has 0 aliphatic carbocycles. The fourth-order valence-electron chi connectivity index (χ4n) is 2.56. The van der Waals surface area contributed by atoms with E-state index in [1.807, 2.05) is 0 Å².